The van der Waals surface area contributed by atoms with E-state index in [-0.39, 0.29) is 5.92 Å². The van der Waals surface area contributed by atoms with E-state index in [4.69, 9.17) is 9.52 Å². The van der Waals surface area contributed by atoms with Crippen LogP contribution in [0.5, 0.6) is 0 Å². The molecule has 5 heteroatoms. The smallest absolute Gasteiger partial charge is 0.326 e. The zero-order valence-corrected chi connectivity index (χ0v) is 10.6. The number of furan rings is 1. The molecule has 1 heterocycles. The third-order valence-electron chi connectivity index (χ3n) is 2.39. The molecule has 0 saturated carbocycles. The van der Waals surface area contributed by atoms with Crippen molar-refractivity contribution in [1.82, 2.24) is 5.32 Å². The number of hydrogen-bond acceptors (Lipinski definition) is 3. The highest BCUT2D eigenvalue weighted by Crippen LogP contribution is 2.08. The van der Waals surface area contributed by atoms with Gasteiger partial charge in [-0.05, 0) is 31.1 Å². The molecule has 0 aliphatic rings. The first-order chi connectivity index (χ1) is 8.40. The van der Waals surface area contributed by atoms with Crippen LogP contribution in [0.25, 0.3) is 6.08 Å². The highest BCUT2D eigenvalue weighted by Gasteiger charge is 2.22. The van der Waals surface area contributed by atoms with Crippen molar-refractivity contribution in [2.45, 2.75) is 26.8 Å². The van der Waals surface area contributed by atoms with Crippen molar-refractivity contribution >= 4 is 18.0 Å². The molecule has 0 spiro atoms. The minimum Gasteiger partial charge on any atom is -0.480 e. The second kappa shape index (κ2) is 6.05. The lowest BCUT2D eigenvalue weighted by Crippen LogP contribution is -2.43. The number of aliphatic carboxylic acids is 1. The Morgan fingerprint density at radius 2 is 2.06 bits per heavy atom. The number of aryl methyl sites for hydroxylation is 1. The van der Waals surface area contributed by atoms with Crippen LogP contribution in [0.2, 0.25) is 0 Å². The van der Waals surface area contributed by atoms with E-state index in [2.05, 4.69) is 5.32 Å². The van der Waals surface area contributed by atoms with Gasteiger partial charge in [0.15, 0.2) is 0 Å². The summed E-state index contributed by atoms with van der Waals surface area (Å²) in [6.07, 6.45) is 2.76. The summed E-state index contributed by atoms with van der Waals surface area (Å²) in [5, 5.41) is 11.3. The van der Waals surface area contributed by atoms with Crippen LogP contribution in [0.3, 0.4) is 0 Å². The lowest BCUT2D eigenvalue weighted by atomic mass is 10.0. The first kappa shape index (κ1) is 14.0. The Morgan fingerprint density at radius 1 is 1.39 bits per heavy atom. The maximum absolute atomic E-state index is 11.5. The first-order valence-electron chi connectivity index (χ1n) is 5.68. The quantitative estimate of drug-likeness (QED) is 0.782. The van der Waals surface area contributed by atoms with Crippen LogP contribution in [0, 0.1) is 12.8 Å². The number of carboxylic acid groups (broad SMARTS) is 1. The molecule has 0 bridgehead atoms. The van der Waals surface area contributed by atoms with Crippen molar-refractivity contribution in [3.05, 3.63) is 29.7 Å². The Kier molecular flexibility index (Phi) is 4.71. The zero-order chi connectivity index (χ0) is 13.7. The van der Waals surface area contributed by atoms with E-state index in [0.29, 0.717) is 5.76 Å². The van der Waals surface area contributed by atoms with Crippen molar-refractivity contribution in [3.63, 3.8) is 0 Å². The molecule has 1 rings (SSSR count). The zero-order valence-electron chi connectivity index (χ0n) is 10.6. The van der Waals surface area contributed by atoms with Crippen molar-refractivity contribution in [1.29, 1.82) is 0 Å². The topological polar surface area (TPSA) is 79.5 Å². The van der Waals surface area contributed by atoms with Gasteiger partial charge in [0.25, 0.3) is 0 Å². The third kappa shape index (κ3) is 4.08. The fraction of sp³-hybridized carbons (Fsp3) is 0.385. The summed E-state index contributed by atoms with van der Waals surface area (Å²) in [4.78, 5) is 22.4. The van der Waals surface area contributed by atoms with E-state index in [1.54, 1.807) is 32.9 Å². The highest BCUT2D eigenvalue weighted by molar-refractivity contribution is 5.94. The summed E-state index contributed by atoms with van der Waals surface area (Å²) >= 11 is 0. The monoisotopic (exact) mass is 251 g/mol. The molecule has 5 nitrogen and oxygen atoms in total. The molecule has 1 atom stereocenters. The second-order valence-corrected chi connectivity index (χ2v) is 4.35. The van der Waals surface area contributed by atoms with Crippen LogP contribution in [-0.2, 0) is 9.59 Å². The number of nitrogens with one attached hydrogen (secondary N) is 1. The molecule has 1 aromatic rings. The Morgan fingerprint density at radius 3 is 2.50 bits per heavy atom. The lowest BCUT2D eigenvalue weighted by Gasteiger charge is -2.16. The van der Waals surface area contributed by atoms with Gasteiger partial charge in [-0.3, -0.25) is 4.79 Å². The van der Waals surface area contributed by atoms with Gasteiger partial charge in [-0.1, -0.05) is 13.8 Å². The molecule has 0 saturated heterocycles. The van der Waals surface area contributed by atoms with Crippen LogP contribution in [0.4, 0.5) is 0 Å². The normalized spacial score (nSPS) is 12.9. The van der Waals surface area contributed by atoms with Gasteiger partial charge in [0, 0.05) is 6.08 Å². The largest absolute Gasteiger partial charge is 0.480 e. The first-order valence-corrected chi connectivity index (χ1v) is 5.68. The highest BCUT2D eigenvalue weighted by atomic mass is 16.4. The molecule has 0 aromatic carbocycles. The SMILES string of the molecule is Cc1ccc(/C=C/C(=O)NC(C(=O)O)C(C)C)o1. The molecule has 0 fully saturated rings. The summed E-state index contributed by atoms with van der Waals surface area (Å²) in [5.41, 5.74) is 0. The Bertz CT molecular complexity index is 459. The summed E-state index contributed by atoms with van der Waals surface area (Å²) in [6.45, 7) is 5.27. The second-order valence-electron chi connectivity index (χ2n) is 4.35. The minimum atomic E-state index is -1.04. The van der Waals surface area contributed by atoms with Crippen LogP contribution >= 0.6 is 0 Å². The van der Waals surface area contributed by atoms with Crippen LogP contribution in [0.1, 0.15) is 25.4 Å². The average molecular weight is 251 g/mol. The standard InChI is InChI=1S/C13H17NO4/c1-8(2)12(13(16)17)14-11(15)7-6-10-5-4-9(3)18-10/h4-8,12H,1-3H3,(H,14,15)(H,16,17)/b7-6+. The third-order valence-corrected chi connectivity index (χ3v) is 2.39. The summed E-state index contributed by atoms with van der Waals surface area (Å²) in [7, 11) is 0. The van der Waals surface area contributed by atoms with Gasteiger partial charge in [0.1, 0.15) is 17.6 Å². The summed E-state index contributed by atoms with van der Waals surface area (Å²) in [6, 6.07) is 2.63. The molecule has 1 aromatic heterocycles. The number of hydrogen-bond donors (Lipinski definition) is 2. The molecule has 0 aliphatic heterocycles. The van der Waals surface area contributed by atoms with Gasteiger partial charge in [0.05, 0.1) is 0 Å². The van der Waals surface area contributed by atoms with Crippen molar-refractivity contribution in [3.8, 4) is 0 Å². The van der Waals surface area contributed by atoms with Crippen molar-refractivity contribution < 1.29 is 19.1 Å². The molecule has 2 N–H and O–H groups in total. The van der Waals surface area contributed by atoms with E-state index in [9.17, 15) is 9.59 Å². The lowest BCUT2D eigenvalue weighted by molar-refractivity contribution is -0.142. The Hall–Kier alpha value is -2.04. The molecule has 1 unspecified atom stereocenters. The number of rotatable bonds is 5. The van der Waals surface area contributed by atoms with E-state index in [0.717, 1.165) is 5.76 Å². The van der Waals surface area contributed by atoms with Crippen LogP contribution < -0.4 is 5.32 Å². The maximum Gasteiger partial charge on any atom is 0.326 e. The number of carboxylic acids is 1. The molecule has 1 amide bonds. The van der Waals surface area contributed by atoms with Crippen LogP contribution in [-0.4, -0.2) is 23.0 Å². The molecule has 98 valence electrons. The Labute approximate surface area is 105 Å². The van der Waals surface area contributed by atoms with Gasteiger partial charge >= 0.3 is 5.97 Å². The maximum atomic E-state index is 11.5. The molecule has 18 heavy (non-hydrogen) atoms. The van der Waals surface area contributed by atoms with E-state index in [1.807, 2.05) is 0 Å². The van der Waals surface area contributed by atoms with E-state index in [1.165, 1.54) is 12.2 Å². The van der Waals surface area contributed by atoms with Gasteiger partial charge < -0.3 is 14.8 Å². The minimum absolute atomic E-state index is 0.175. The predicted molar refractivity (Wildman–Crippen MR) is 66.9 cm³/mol. The summed E-state index contributed by atoms with van der Waals surface area (Å²) in [5.74, 6) is -0.365. The molecular weight excluding hydrogens is 234 g/mol. The van der Waals surface area contributed by atoms with Crippen molar-refractivity contribution in [2.24, 2.45) is 5.92 Å². The molecule has 0 radical (unpaired) electrons. The van der Waals surface area contributed by atoms with E-state index < -0.39 is 17.9 Å². The van der Waals surface area contributed by atoms with Crippen molar-refractivity contribution in [2.75, 3.05) is 0 Å². The van der Waals surface area contributed by atoms with Gasteiger partial charge in [-0.15, -0.1) is 0 Å². The van der Waals surface area contributed by atoms with Crippen LogP contribution in [0.15, 0.2) is 22.6 Å². The number of carbonyl (C=O) groups is 2. The average Bonchev–Trinajstić information content (AvgIpc) is 2.68. The number of amides is 1. The summed E-state index contributed by atoms with van der Waals surface area (Å²) < 4.78 is 5.25. The molecule has 0 aliphatic carbocycles. The predicted octanol–water partition coefficient (Wildman–Crippen LogP) is 1.83. The number of carbonyl (C=O) groups excluding carboxylic acids is 1. The molecular formula is C13H17NO4. The van der Waals surface area contributed by atoms with Gasteiger partial charge in [-0.2, -0.15) is 0 Å². The van der Waals surface area contributed by atoms with E-state index >= 15 is 0 Å². The van der Waals surface area contributed by atoms with Gasteiger partial charge in [-0.25, -0.2) is 4.79 Å². The fourth-order valence-electron chi connectivity index (χ4n) is 1.42. The van der Waals surface area contributed by atoms with Gasteiger partial charge in [0.2, 0.25) is 5.91 Å². The fourth-order valence-corrected chi connectivity index (χ4v) is 1.42. The Balaban J connectivity index is 2.60.